The molecule has 3 saturated heterocycles. The molecule has 32 heavy (non-hydrogen) atoms. The third-order valence-corrected chi connectivity index (χ3v) is 7.53. The molecule has 3 heterocycles. The molecule has 1 unspecified atom stereocenters. The summed E-state index contributed by atoms with van der Waals surface area (Å²) in [5, 5.41) is 0. The lowest BCUT2D eigenvalue weighted by Gasteiger charge is -2.53. The number of para-hydroxylation sites is 1. The van der Waals surface area contributed by atoms with Gasteiger partial charge in [0.25, 0.3) is 0 Å². The number of hydrogen-bond acceptors (Lipinski definition) is 2. The molecule has 0 aliphatic carbocycles. The summed E-state index contributed by atoms with van der Waals surface area (Å²) in [5.41, 5.74) is 2.36. The maximum Gasteiger partial charge on any atom is 0.418 e. The highest BCUT2D eigenvalue weighted by molar-refractivity contribution is 5.87. The average molecular weight is 436 g/mol. The molecule has 0 aromatic heterocycles. The number of rotatable bonds is 10. The van der Waals surface area contributed by atoms with Crippen LogP contribution in [-0.4, -0.2) is 43.0 Å². The van der Waals surface area contributed by atoms with E-state index in [-0.39, 0.29) is 12.3 Å². The molecular formula is C28H39N2O2+. The van der Waals surface area contributed by atoms with Gasteiger partial charge < -0.3 is 4.74 Å². The lowest BCUT2D eigenvalue weighted by molar-refractivity contribution is -0.984. The molecule has 5 rings (SSSR count). The van der Waals surface area contributed by atoms with Crippen LogP contribution >= 0.6 is 0 Å². The summed E-state index contributed by atoms with van der Waals surface area (Å²) in [4.78, 5) is 15.2. The Kier molecular flexibility index (Phi) is 7.85. The summed E-state index contributed by atoms with van der Waals surface area (Å²) in [7, 11) is 0. The summed E-state index contributed by atoms with van der Waals surface area (Å²) in [6.45, 7) is 6.32. The van der Waals surface area contributed by atoms with Gasteiger partial charge in [0.2, 0.25) is 6.23 Å². The van der Waals surface area contributed by atoms with Gasteiger partial charge in [0.1, 0.15) is 0 Å². The number of hydrogen-bond donors (Lipinski definition) is 0. The smallest absolute Gasteiger partial charge is 0.396 e. The third kappa shape index (κ3) is 5.53. The number of carbonyl (C=O) groups is 1. The van der Waals surface area contributed by atoms with Crippen LogP contribution in [0.4, 0.5) is 10.5 Å². The van der Waals surface area contributed by atoms with Crippen molar-refractivity contribution in [2.45, 2.75) is 64.5 Å². The van der Waals surface area contributed by atoms with E-state index in [1.54, 1.807) is 0 Å². The fraction of sp³-hybridized carbons (Fsp3) is 0.536. The van der Waals surface area contributed by atoms with Crippen LogP contribution in [0.1, 0.15) is 57.4 Å². The normalized spacial score (nSPS) is 24.3. The minimum Gasteiger partial charge on any atom is -0.396 e. The van der Waals surface area contributed by atoms with E-state index in [4.69, 9.17) is 4.74 Å². The minimum absolute atomic E-state index is 0.0135. The zero-order valence-electron chi connectivity index (χ0n) is 19.6. The van der Waals surface area contributed by atoms with Crippen LogP contribution in [0.25, 0.3) is 0 Å². The number of benzene rings is 2. The van der Waals surface area contributed by atoms with Crippen LogP contribution in [0.3, 0.4) is 0 Å². The van der Waals surface area contributed by atoms with Gasteiger partial charge in [0.15, 0.2) is 0 Å². The van der Waals surface area contributed by atoms with Crippen molar-refractivity contribution in [2.75, 3.05) is 31.1 Å². The van der Waals surface area contributed by atoms with Crippen molar-refractivity contribution in [3.63, 3.8) is 0 Å². The Morgan fingerprint density at radius 2 is 1.66 bits per heavy atom. The Morgan fingerprint density at radius 1 is 0.969 bits per heavy atom. The van der Waals surface area contributed by atoms with E-state index in [1.807, 2.05) is 35.2 Å². The molecular weight excluding hydrogens is 396 g/mol. The zero-order chi connectivity index (χ0) is 22.2. The molecule has 2 bridgehead atoms. The molecule has 3 aliphatic rings. The molecule has 2 aromatic carbocycles. The number of aryl methyl sites for hydroxylation is 1. The van der Waals surface area contributed by atoms with Gasteiger partial charge in [0, 0.05) is 31.5 Å². The van der Waals surface area contributed by atoms with Gasteiger partial charge in [-0.3, -0.25) is 9.38 Å². The summed E-state index contributed by atoms with van der Waals surface area (Å²) in [5.74, 6) is 0.720. The number of carbonyl (C=O) groups excluding carboxylic acids is 1. The summed E-state index contributed by atoms with van der Waals surface area (Å²) in [6, 6.07) is 20.8. The molecule has 172 valence electrons. The van der Waals surface area contributed by atoms with Crippen LogP contribution in [-0.2, 0) is 11.2 Å². The van der Waals surface area contributed by atoms with Crippen molar-refractivity contribution >= 4 is 11.8 Å². The maximum absolute atomic E-state index is 13.3. The van der Waals surface area contributed by atoms with Crippen LogP contribution in [0.2, 0.25) is 0 Å². The van der Waals surface area contributed by atoms with E-state index >= 15 is 0 Å². The van der Waals surface area contributed by atoms with E-state index in [2.05, 4.69) is 37.3 Å². The molecule has 1 amide bonds. The molecule has 0 spiro atoms. The summed E-state index contributed by atoms with van der Waals surface area (Å²) >= 11 is 0. The van der Waals surface area contributed by atoms with Gasteiger partial charge in [-0.05, 0) is 49.3 Å². The Morgan fingerprint density at radius 3 is 2.34 bits per heavy atom. The largest absolute Gasteiger partial charge is 0.418 e. The van der Waals surface area contributed by atoms with Gasteiger partial charge in [-0.25, -0.2) is 4.79 Å². The number of amides is 1. The Labute approximate surface area is 193 Å². The van der Waals surface area contributed by atoms with Gasteiger partial charge in [-0.2, -0.15) is 0 Å². The topological polar surface area (TPSA) is 29.5 Å². The monoisotopic (exact) mass is 435 g/mol. The van der Waals surface area contributed by atoms with Gasteiger partial charge in [0.05, 0.1) is 19.6 Å². The Balaban J connectivity index is 1.39. The predicted molar refractivity (Wildman–Crippen MR) is 131 cm³/mol. The van der Waals surface area contributed by atoms with Crippen molar-refractivity contribution in [3.05, 3.63) is 66.2 Å². The Bertz CT molecular complexity index is 831. The molecule has 3 fully saturated rings. The van der Waals surface area contributed by atoms with E-state index in [0.29, 0.717) is 6.54 Å². The standard InChI is InChI=1S/C28H39N2O2/c1-2-3-19-29(26-15-8-5-9-16-26)28(31)32-27-23-25-17-21-30(27,22-18-25)20-11-10-14-24-12-6-4-7-13-24/h4-9,12-13,15-16,25,27H,2-3,10-11,14,17-23H2,1H3/q+1. The van der Waals surface area contributed by atoms with Crippen molar-refractivity contribution in [1.82, 2.24) is 0 Å². The third-order valence-electron chi connectivity index (χ3n) is 7.53. The predicted octanol–water partition coefficient (Wildman–Crippen LogP) is 6.41. The number of piperidine rings is 3. The van der Waals surface area contributed by atoms with Crippen LogP contribution < -0.4 is 4.90 Å². The maximum atomic E-state index is 13.3. The first kappa shape index (κ1) is 22.8. The molecule has 3 aliphatic heterocycles. The van der Waals surface area contributed by atoms with Crippen molar-refractivity contribution < 1.29 is 14.0 Å². The fourth-order valence-electron chi connectivity index (χ4n) is 5.53. The molecule has 0 radical (unpaired) electrons. The van der Waals surface area contributed by atoms with E-state index in [0.717, 1.165) is 61.4 Å². The number of nitrogens with zero attached hydrogens (tertiary/aromatic N) is 2. The quantitative estimate of drug-likeness (QED) is 0.319. The van der Waals surface area contributed by atoms with Crippen LogP contribution in [0.15, 0.2) is 60.7 Å². The van der Waals surface area contributed by atoms with E-state index in [9.17, 15) is 4.79 Å². The summed E-state index contributed by atoms with van der Waals surface area (Å²) in [6.07, 6.45) is 9.00. The SMILES string of the molecule is CCCCN(C(=O)OC1CC2CC[N+]1(CCCCc1ccccc1)CC2)c1ccccc1. The van der Waals surface area contributed by atoms with Crippen molar-refractivity contribution in [2.24, 2.45) is 5.92 Å². The second kappa shape index (κ2) is 11.0. The van der Waals surface area contributed by atoms with Gasteiger partial charge in [-0.15, -0.1) is 0 Å². The highest BCUT2D eigenvalue weighted by Crippen LogP contribution is 2.39. The zero-order valence-corrected chi connectivity index (χ0v) is 19.6. The first-order chi connectivity index (χ1) is 15.7. The second-order valence-electron chi connectivity index (χ2n) is 9.69. The van der Waals surface area contributed by atoms with Crippen molar-refractivity contribution in [3.8, 4) is 0 Å². The van der Waals surface area contributed by atoms with Gasteiger partial charge in [-0.1, -0.05) is 61.9 Å². The first-order valence-electron chi connectivity index (χ1n) is 12.6. The van der Waals surface area contributed by atoms with E-state index < -0.39 is 0 Å². The number of quaternary nitrogens is 1. The summed E-state index contributed by atoms with van der Waals surface area (Å²) < 4.78 is 7.30. The second-order valence-corrected chi connectivity index (χ2v) is 9.69. The van der Waals surface area contributed by atoms with E-state index in [1.165, 1.54) is 31.2 Å². The number of fused-ring (bicyclic) bond motifs is 3. The van der Waals surface area contributed by atoms with Crippen molar-refractivity contribution in [1.29, 1.82) is 0 Å². The number of unbranched alkanes of at least 4 members (excludes halogenated alkanes) is 2. The van der Waals surface area contributed by atoms with Gasteiger partial charge >= 0.3 is 6.09 Å². The average Bonchev–Trinajstić information content (AvgIpc) is 2.84. The molecule has 4 nitrogen and oxygen atoms in total. The highest BCUT2D eigenvalue weighted by atomic mass is 16.6. The number of anilines is 1. The lowest BCUT2D eigenvalue weighted by atomic mass is 9.84. The van der Waals surface area contributed by atoms with Crippen LogP contribution in [0.5, 0.6) is 0 Å². The molecule has 0 saturated carbocycles. The van der Waals surface area contributed by atoms with Crippen LogP contribution in [0, 0.1) is 5.92 Å². The fourth-order valence-corrected chi connectivity index (χ4v) is 5.53. The lowest BCUT2D eigenvalue weighted by Crippen LogP contribution is -2.66. The minimum atomic E-state index is -0.163. The highest BCUT2D eigenvalue weighted by Gasteiger charge is 2.49. The number of ether oxygens (including phenoxy) is 1. The first-order valence-corrected chi connectivity index (χ1v) is 12.6. The molecule has 2 aromatic rings. The molecule has 0 N–H and O–H groups in total. The molecule has 4 heteroatoms. The Hall–Kier alpha value is -2.33. The molecule has 1 atom stereocenters.